The van der Waals surface area contributed by atoms with Crippen molar-refractivity contribution in [2.24, 2.45) is 0 Å². The van der Waals surface area contributed by atoms with Crippen molar-refractivity contribution >= 4 is 11.4 Å². The predicted molar refractivity (Wildman–Crippen MR) is 62.5 cm³/mol. The molecule has 0 aromatic heterocycles. The van der Waals surface area contributed by atoms with Gasteiger partial charge in [0.1, 0.15) is 5.69 Å². The van der Waals surface area contributed by atoms with Crippen molar-refractivity contribution in [2.75, 3.05) is 12.3 Å². The lowest BCUT2D eigenvalue weighted by Gasteiger charge is -2.08. The SMILES string of the molecule is Nc1c(COCCCC(F)(F)F)cccc1[N+](=O)[O-]. The highest BCUT2D eigenvalue weighted by Gasteiger charge is 2.26. The second kappa shape index (κ2) is 6.37. The number of benzene rings is 1. The summed E-state index contributed by atoms with van der Waals surface area (Å²) in [5, 5.41) is 10.6. The van der Waals surface area contributed by atoms with Crippen molar-refractivity contribution in [3.63, 3.8) is 0 Å². The van der Waals surface area contributed by atoms with Crippen LogP contribution in [0.5, 0.6) is 0 Å². The van der Waals surface area contributed by atoms with Crippen LogP contribution < -0.4 is 5.73 Å². The van der Waals surface area contributed by atoms with Crippen LogP contribution in [0.25, 0.3) is 0 Å². The molecule has 0 atom stereocenters. The second-order valence-electron chi connectivity index (χ2n) is 3.88. The van der Waals surface area contributed by atoms with E-state index in [9.17, 15) is 23.3 Å². The summed E-state index contributed by atoms with van der Waals surface area (Å²) >= 11 is 0. The van der Waals surface area contributed by atoms with Gasteiger partial charge in [0.2, 0.25) is 0 Å². The number of nitro benzene ring substituents is 1. The van der Waals surface area contributed by atoms with Gasteiger partial charge in [-0.25, -0.2) is 0 Å². The Morgan fingerprint density at radius 2 is 2.05 bits per heavy atom. The molecule has 1 aromatic rings. The molecule has 0 bridgehead atoms. The molecule has 8 heteroatoms. The molecule has 0 fully saturated rings. The van der Waals surface area contributed by atoms with Gasteiger partial charge in [-0.3, -0.25) is 10.1 Å². The van der Waals surface area contributed by atoms with Crippen LogP contribution in [-0.4, -0.2) is 17.7 Å². The molecule has 0 radical (unpaired) electrons. The van der Waals surface area contributed by atoms with Gasteiger partial charge in [-0.15, -0.1) is 0 Å². The third-order valence-electron chi connectivity index (χ3n) is 2.38. The Labute approximate surface area is 107 Å². The number of hydrogen-bond acceptors (Lipinski definition) is 4. The van der Waals surface area contributed by atoms with E-state index in [1.165, 1.54) is 18.2 Å². The lowest BCUT2D eigenvalue weighted by molar-refractivity contribution is -0.384. The third-order valence-corrected chi connectivity index (χ3v) is 2.38. The molecule has 1 aromatic carbocycles. The number of nitrogen functional groups attached to an aromatic ring is 1. The predicted octanol–water partition coefficient (Wildman–Crippen LogP) is 3.04. The van der Waals surface area contributed by atoms with E-state index in [-0.39, 0.29) is 31.0 Å². The first kappa shape index (κ1) is 15.2. The molecule has 0 aliphatic carbocycles. The highest BCUT2D eigenvalue weighted by atomic mass is 19.4. The van der Waals surface area contributed by atoms with Crippen LogP contribution >= 0.6 is 0 Å². The van der Waals surface area contributed by atoms with Gasteiger partial charge in [-0.05, 0) is 6.42 Å². The quantitative estimate of drug-likeness (QED) is 0.375. The van der Waals surface area contributed by atoms with E-state index in [2.05, 4.69) is 0 Å². The average molecular weight is 278 g/mol. The van der Waals surface area contributed by atoms with E-state index in [4.69, 9.17) is 10.5 Å². The molecule has 0 spiro atoms. The summed E-state index contributed by atoms with van der Waals surface area (Å²) in [6.07, 6.45) is -5.27. The Kier molecular flexibility index (Phi) is 5.11. The minimum absolute atomic E-state index is 0.0247. The molecule has 106 valence electrons. The minimum atomic E-state index is -4.20. The maximum absolute atomic E-state index is 11.9. The van der Waals surface area contributed by atoms with E-state index in [0.717, 1.165) is 0 Å². The summed E-state index contributed by atoms with van der Waals surface area (Å²) in [5.41, 5.74) is 5.69. The van der Waals surface area contributed by atoms with Gasteiger partial charge in [-0.1, -0.05) is 12.1 Å². The molecular weight excluding hydrogens is 265 g/mol. The molecule has 0 aliphatic heterocycles. The smallest absolute Gasteiger partial charge is 0.389 e. The molecule has 0 heterocycles. The Morgan fingerprint density at radius 1 is 1.37 bits per heavy atom. The van der Waals surface area contributed by atoms with E-state index in [1.807, 2.05) is 0 Å². The Morgan fingerprint density at radius 3 is 2.63 bits per heavy atom. The van der Waals surface area contributed by atoms with Crippen LogP contribution in [0.1, 0.15) is 18.4 Å². The van der Waals surface area contributed by atoms with Crippen molar-refractivity contribution in [1.82, 2.24) is 0 Å². The van der Waals surface area contributed by atoms with Gasteiger partial charge in [0.05, 0.1) is 11.5 Å². The minimum Gasteiger partial charge on any atom is -0.393 e. The van der Waals surface area contributed by atoms with Crippen LogP contribution in [-0.2, 0) is 11.3 Å². The Balaban J connectivity index is 2.46. The van der Waals surface area contributed by atoms with Crippen molar-refractivity contribution in [1.29, 1.82) is 0 Å². The number of ether oxygens (including phenoxy) is 1. The second-order valence-corrected chi connectivity index (χ2v) is 3.88. The maximum Gasteiger partial charge on any atom is 0.389 e. The van der Waals surface area contributed by atoms with E-state index in [0.29, 0.717) is 5.56 Å². The summed E-state index contributed by atoms with van der Waals surface area (Å²) < 4.78 is 40.6. The van der Waals surface area contributed by atoms with E-state index < -0.39 is 17.5 Å². The first-order valence-electron chi connectivity index (χ1n) is 5.47. The van der Waals surface area contributed by atoms with Crippen molar-refractivity contribution in [3.05, 3.63) is 33.9 Å². The summed E-state index contributed by atoms with van der Waals surface area (Å²) in [6.45, 7) is -0.132. The number of nitrogens with zero attached hydrogens (tertiary/aromatic N) is 1. The molecular formula is C11H13F3N2O3. The zero-order chi connectivity index (χ0) is 14.5. The third kappa shape index (κ3) is 5.12. The Hall–Kier alpha value is -1.83. The molecule has 0 aliphatic rings. The number of nitro groups is 1. The fourth-order valence-corrected chi connectivity index (χ4v) is 1.44. The fraction of sp³-hybridized carbons (Fsp3) is 0.455. The van der Waals surface area contributed by atoms with Crippen molar-refractivity contribution in [3.8, 4) is 0 Å². The first-order valence-corrected chi connectivity index (χ1v) is 5.47. The summed E-state index contributed by atoms with van der Waals surface area (Å²) in [4.78, 5) is 10.00. The molecule has 0 saturated carbocycles. The zero-order valence-electron chi connectivity index (χ0n) is 9.94. The number of hydrogen-bond donors (Lipinski definition) is 1. The number of para-hydroxylation sites is 1. The van der Waals surface area contributed by atoms with Gasteiger partial charge in [0.15, 0.2) is 0 Å². The molecule has 19 heavy (non-hydrogen) atoms. The van der Waals surface area contributed by atoms with Gasteiger partial charge in [-0.2, -0.15) is 13.2 Å². The average Bonchev–Trinajstić information content (AvgIpc) is 2.28. The molecule has 0 saturated heterocycles. The van der Waals surface area contributed by atoms with Crippen molar-refractivity contribution in [2.45, 2.75) is 25.6 Å². The van der Waals surface area contributed by atoms with Gasteiger partial charge in [0.25, 0.3) is 5.69 Å². The highest BCUT2D eigenvalue weighted by Crippen LogP contribution is 2.25. The number of nitrogens with two attached hydrogens (primary N) is 1. The van der Waals surface area contributed by atoms with Crippen LogP contribution in [0, 0.1) is 10.1 Å². The van der Waals surface area contributed by atoms with E-state index >= 15 is 0 Å². The number of alkyl halides is 3. The van der Waals surface area contributed by atoms with Crippen LogP contribution in [0.3, 0.4) is 0 Å². The van der Waals surface area contributed by atoms with Gasteiger partial charge < -0.3 is 10.5 Å². The molecule has 2 N–H and O–H groups in total. The normalized spacial score (nSPS) is 11.5. The molecule has 0 unspecified atom stereocenters. The summed E-state index contributed by atoms with van der Waals surface area (Å²) in [7, 11) is 0. The lowest BCUT2D eigenvalue weighted by atomic mass is 10.1. The topological polar surface area (TPSA) is 78.4 Å². The van der Waals surface area contributed by atoms with Crippen molar-refractivity contribution < 1.29 is 22.8 Å². The fourth-order valence-electron chi connectivity index (χ4n) is 1.44. The number of anilines is 1. The summed E-state index contributed by atoms with van der Waals surface area (Å²) in [5.74, 6) is 0. The maximum atomic E-state index is 11.9. The van der Waals surface area contributed by atoms with Gasteiger partial charge >= 0.3 is 6.18 Å². The molecule has 1 rings (SSSR count). The lowest BCUT2D eigenvalue weighted by Crippen LogP contribution is -2.09. The number of rotatable bonds is 6. The first-order chi connectivity index (χ1) is 8.81. The highest BCUT2D eigenvalue weighted by molar-refractivity contribution is 5.62. The van der Waals surface area contributed by atoms with E-state index in [1.54, 1.807) is 0 Å². The van der Waals surface area contributed by atoms with Crippen LogP contribution in [0.4, 0.5) is 24.5 Å². The largest absolute Gasteiger partial charge is 0.393 e. The molecule has 5 nitrogen and oxygen atoms in total. The van der Waals surface area contributed by atoms with Gasteiger partial charge in [0, 0.05) is 24.7 Å². The van der Waals surface area contributed by atoms with Crippen LogP contribution in [0.15, 0.2) is 18.2 Å². The standard InChI is InChI=1S/C11H13F3N2O3/c12-11(13,14)5-2-6-19-7-8-3-1-4-9(10(8)15)16(17)18/h1,3-4H,2,5-7,15H2. The molecule has 0 amide bonds. The monoisotopic (exact) mass is 278 g/mol. The Bertz CT molecular complexity index is 449. The number of halogens is 3. The zero-order valence-corrected chi connectivity index (χ0v) is 9.94. The van der Waals surface area contributed by atoms with Crippen LogP contribution in [0.2, 0.25) is 0 Å². The summed E-state index contributed by atoms with van der Waals surface area (Å²) in [6, 6.07) is 4.23.